The van der Waals surface area contributed by atoms with E-state index in [-0.39, 0.29) is 11.9 Å². The second-order valence-electron chi connectivity index (χ2n) is 5.00. The van der Waals surface area contributed by atoms with Crippen molar-refractivity contribution in [2.24, 2.45) is 5.92 Å². The molecule has 108 valence electrons. The monoisotopic (exact) mass is 267 g/mol. The van der Waals surface area contributed by atoms with Crippen molar-refractivity contribution in [2.45, 2.75) is 45.6 Å². The van der Waals surface area contributed by atoms with Gasteiger partial charge in [-0.3, -0.25) is 0 Å². The third-order valence-electron chi connectivity index (χ3n) is 3.64. The van der Waals surface area contributed by atoms with Crippen LogP contribution in [0, 0.1) is 11.7 Å². The summed E-state index contributed by atoms with van der Waals surface area (Å²) in [6.07, 6.45) is 4.63. The minimum atomic E-state index is -0.285. The molecule has 2 nitrogen and oxygen atoms in total. The van der Waals surface area contributed by atoms with Crippen LogP contribution in [0.1, 0.15) is 51.1 Å². The first-order valence-electron chi connectivity index (χ1n) is 7.18. The maximum absolute atomic E-state index is 13.8. The van der Waals surface area contributed by atoms with Gasteiger partial charge in [0.2, 0.25) is 0 Å². The number of benzene rings is 1. The largest absolute Gasteiger partial charge is 0.494 e. The molecule has 1 N–H and O–H groups in total. The Kier molecular flexibility index (Phi) is 6.85. The van der Waals surface area contributed by atoms with Crippen LogP contribution in [-0.4, -0.2) is 14.2 Å². The number of halogens is 1. The quantitative estimate of drug-likeness (QED) is 0.757. The molecule has 1 unspecified atom stereocenters. The van der Waals surface area contributed by atoms with Crippen LogP contribution < -0.4 is 10.1 Å². The number of rotatable bonds is 8. The van der Waals surface area contributed by atoms with E-state index in [1.807, 2.05) is 13.1 Å². The fraction of sp³-hybridized carbons (Fsp3) is 0.625. The lowest BCUT2D eigenvalue weighted by atomic mass is 9.86. The van der Waals surface area contributed by atoms with E-state index in [0.29, 0.717) is 11.7 Å². The van der Waals surface area contributed by atoms with Crippen LogP contribution in [-0.2, 0) is 0 Å². The van der Waals surface area contributed by atoms with Crippen molar-refractivity contribution >= 4 is 0 Å². The smallest absolute Gasteiger partial charge is 0.165 e. The van der Waals surface area contributed by atoms with E-state index < -0.39 is 0 Å². The van der Waals surface area contributed by atoms with E-state index in [9.17, 15) is 4.39 Å². The molecule has 1 aromatic carbocycles. The Morgan fingerprint density at radius 2 is 1.84 bits per heavy atom. The van der Waals surface area contributed by atoms with Crippen molar-refractivity contribution < 1.29 is 9.13 Å². The second-order valence-corrected chi connectivity index (χ2v) is 5.00. The van der Waals surface area contributed by atoms with Crippen LogP contribution in [0.3, 0.4) is 0 Å². The van der Waals surface area contributed by atoms with Gasteiger partial charge < -0.3 is 10.1 Å². The molecule has 3 heteroatoms. The zero-order valence-corrected chi connectivity index (χ0v) is 12.5. The van der Waals surface area contributed by atoms with Crippen molar-refractivity contribution in [3.63, 3.8) is 0 Å². The fourth-order valence-electron chi connectivity index (χ4n) is 2.77. The van der Waals surface area contributed by atoms with Crippen LogP contribution in [0.2, 0.25) is 0 Å². The van der Waals surface area contributed by atoms with Gasteiger partial charge in [-0.2, -0.15) is 0 Å². The summed E-state index contributed by atoms with van der Waals surface area (Å²) in [7, 11) is 3.44. The predicted molar refractivity (Wildman–Crippen MR) is 78.1 cm³/mol. The van der Waals surface area contributed by atoms with Crippen LogP contribution in [0.25, 0.3) is 0 Å². The van der Waals surface area contributed by atoms with Gasteiger partial charge in [-0.25, -0.2) is 4.39 Å². The van der Waals surface area contributed by atoms with Gasteiger partial charge in [0.05, 0.1) is 7.11 Å². The molecule has 0 heterocycles. The Morgan fingerprint density at radius 1 is 1.21 bits per heavy atom. The van der Waals surface area contributed by atoms with Gasteiger partial charge in [0.15, 0.2) is 11.6 Å². The van der Waals surface area contributed by atoms with E-state index >= 15 is 0 Å². The number of hydrogen-bond acceptors (Lipinski definition) is 2. The van der Waals surface area contributed by atoms with E-state index in [1.165, 1.54) is 7.11 Å². The molecule has 19 heavy (non-hydrogen) atoms. The van der Waals surface area contributed by atoms with E-state index in [2.05, 4.69) is 19.2 Å². The molecule has 0 aliphatic rings. The molecule has 0 aliphatic heterocycles. The molecule has 1 atom stereocenters. The van der Waals surface area contributed by atoms with Gasteiger partial charge in [-0.05, 0) is 43.5 Å². The summed E-state index contributed by atoms with van der Waals surface area (Å²) in [6, 6.07) is 5.48. The Morgan fingerprint density at radius 3 is 2.26 bits per heavy atom. The van der Waals surface area contributed by atoms with Crippen molar-refractivity contribution in [1.82, 2.24) is 5.32 Å². The standard InChI is InChI=1S/C16H26FNO/c1-5-7-12(8-6-2)16(18-3)13-9-10-15(19-4)14(17)11-13/h9-12,16,18H,5-8H2,1-4H3. The summed E-state index contributed by atoms with van der Waals surface area (Å²) in [5.74, 6) is 0.570. The lowest BCUT2D eigenvalue weighted by Crippen LogP contribution is -2.25. The third kappa shape index (κ3) is 4.20. The lowest BCUT2D eigenvalue weighted by molar-refractivity contribution is 0.328. The highest BCUT2D eigenvalue weighted by Gasteiger charge is 2.21. The number of nitrogens with one attached hydrogen (secondary N) is 1. The van der Waals surface area contributed by atoms with Crippen molar-refractivity contribution in [1.29, 1.82) is 0 Å². The number of ether oxygens (including phenoxy) is 1. The summed E-state index contributed by atoms with van der Waals surface area (Å²) >= 11 is 0. The predicted octanol–water partition coefficient (Wildman–Crippen LogP) is 4.31. The normalized spacial score (nSPS) is 12.7. The van der Waals surface area contributed by atoms with Gasteiger partial charge in [0, 0.05) is 6.04 Å². The maximum Gasteiger partial charge on any atom is 0.165 e. The summed E-state index contributed by atoms with van der Waals surface area (Å²) in [4.78, 5) is 0. The summed E-state index contributed by atoms with van der Waals surface area (Å²) in [5.41, 5.74) is 1.01. The maximum atomic E-state index is 13.8. The van der Waals surface area contributed by atoms with Gasteiger partial charge in [0.25, 0.3) is 0 Å². The van der Waals surface area contributed by atoms with Crippen molar-refractivity contribution in [3.8, 4) is 5.75 Å². The molecule has 0 saturated heterocycles. The van der Waals surface area contributed by atoms with Gasteiger partial charge in [0.1, 0.15) is 0 Å². The average Bonchev–Trinajstić information content (AvgIpc) is 2.40. The summed E-state index contributed by atoms with van der Waals surface area (Å²) < 4.78 is 18.8. The van der Waals surface area contributed by atoms with Crippen molar-refractivity contribution in [3.05, 3.63) is 29.6 Å². The zero-order valence-electron chi connectivity index (χ0n) is 12.5. The molecule has 1 aromatic rings. The first kappa shape index (κ1) is 16.0. The molecular weight excluding hydrogens is 241 g/mol. The molecule has 0 spiro atoms. The lowest BCUT2D eigenvalue weighted by Gasteiger charge is -2.27. The highest BCUT2D eigenvalue weighted by atomic mass is 19.1. The second kappa shape index (κ2) is 8.16. The van der Waals surface area contributed by atoms with E-state index in [1.54, 1.807) is 12.1 Å². The Labute approximate surface area is 116 Å². The SMILES string of the molecule is CCCC(CCC)C(NC)c1ccc(OC)c(F)c1. The Bertz CT molecular complexity index is 375. The fourth-order valence-corrected chi connectivity index (χ4v) is 2.77. The first-order valence-corrected chi connectivity index (χ1v) is 7.18. The van der Waals surface area contributed by atoms with E-state index in [0.717, 1.165) is 31.2 Å². The molecule has 0 aromatic heterocycles. The summed E-state index contributed by atoms with van der Waals surface area (Å²) in [5, 5.41) is 3.35. The molecule has 0 aliphatic carbocycles. The molecule has 1 rings (SSSR count). The van der Waals surface area contributed by atoms with E-state index in [4.69, 9.17) is 4.74 Å². The van der Waals surface area contributed by atoms with Gasteiger partial charge >= 0.3 is 0 Å². The topological polar surface area (TPSA) is 21.3 Å². The Balaban J connectivity index is 2.96. The molecule has 0 bridgehead atoms. The van der Waals surface area contributed by atoms with Gasteiger partial charge in [-0.15, -0.1) is 0 Å². The molecular formula is C16H26FNO. The van der Waals surface area contributed by atoms with Crippen LogP contribution in [0.15, 0.2) is 18.2 Å². The molecule has 0 radical (unpaired) electrons. The molecule has 0 amide bonds. The molecule has 0 fully saturated rings. The number of hydrogen-bond donors (Lipinski definition) is 1. The minimum Gasteiger partial charge on any atom is -0.494 e. The summed E-state index contributed by atoms with van der Waals surface area (Å²) in [6.45, 7) is 4.40. The Hall–Kier alpha value is -1.09. The molecule has 0 saturated carbocycles. The zero-order chi connectivity index (χ0) is 14.3. The van der Waals surface area contributed by atoms with Crippen LogP contribution >= 0.6 is 0 Å². The highest BCUT2D eigenvalue weighted by Crippen LogP contribution is 2.31. The third-order valence-corrected chi connectivity index (χ3v) is 3.64. The van der Waals surface area contributed by atoms with Gasteiger partial charge in [-0.1, -0.05) is 32.8 Å². The van der Waals surface area contributed by atoms with Crippen molar-refractivity contribution in [2.75, 3.05) is 14.2 Å². The minimum absolute atomic E-state index is 0.209. The average molecular weight is 267 g/mol. The highest BCUT2D eigenvalue weighted by molar-refractivity contribution is 5.31. The van der Waals surface area contributed by atoms with Crippen LogP contribution in [0.4, 0.5) is 4.39 Å². The first-order chi connectivity index (χ1) is 9.17. The number of methoxy groups -OCH3 is 1. The van der Waals surface area contributed by atoms with Crippen LogP contribution in [0.5, 0.6) is 5.75 Å².